The van der Waals surface area contributed by atoms with Crippen LogP contribution < -0.4 is 10.6 Å². The van der Waals surface area contributed by atoms with Gasteiger partial charge in [0.15, 0.2) is 0 Å². The highest BCUT2D eigenvalue weighted by Gasteiger charge is 2.23. The van der Waals surface area contributed by atoms with E-state index >= 15 is 0 Å². The van der Waals surface area contributed by atoms with Gasteiger partial charge in [-0.05, 0) is 30.7 Å². The Morgan fingerprint density at radius 3 is 2.41 bits per heavy atom. The second-order valence-electron chi connectivity index (χ2n) is 6.28. The molecular weight excluding hydrogens is 396 g/mol. The Hall–Kier alpha value is -2.98. The van der Waals surface area contributed by atoms with E-state index in [1.165, 1.54) is 28.6 Å². The van der Waals surface area contributed by atoms with Crippen molar-refractivity contribution in [2.24, 2.45) is 0 Å². The number of hydrogen-bond donors (Lipinski definition) is 2. The number of anilines is 2. The number of hydrogen-bond acceptors (Lipinski definition) is 6. The summed E-state index contributed by atoms with van der Waals surface area (Å²) in [6.07, 6.45) is 0. The van der Waals surface area contributed by atoms with Gasteiger partial charge >= 0.3 is 0 Å². The van der Waals surface area contributed by atoms with E-state index in [0.717, 1.165) is 0 Å². The summed E-state index contributed by atoms with van der Waals surface area (Å²) in [5.41, 5.74) is 1.28. The van der Waals surface area contributed by atoms with E-state index in [1.807, 2.05) is 0 Å². The third-order valence-electron chi connectivity index (χ3n) is 4.31. The molecule has 0 aromatic heterocycles. The molecule has 0 spiro atoms. The van der Waals surface area contributed by atoms with Crippen LogP contribution in [0.1, 0.15) is 19.4 Å². The van der Waals surface area contributed by atoms with Crippen LogP contribution in [0.25, 0.3) is 0 Å². The zero-order valence-electron chi connectivity index (χ0n) is 16.5. The summed E-state index contributed by atoms with van der Waals surface area (Å²) in [5.74, 6) is -0.417. The van der Waals surface area contributed by atoms with Gasteiger partial charge in [-0.3, -0.25) is 14.9 Å². The molecule has 9 nitrogen and oxygen atoms in total. The van der Waals surface area contributed by atoms with Crippen molar-refractivity contribution in [2.45, 2.75) is 25.7 Å². The third-order valence-corrected chi connectivity index (χ3v) is 6.50. The first-order valence-electron chi connectivity index (χ1n) is 9.08. The number of amides is 1. The molecule has 0 aliphatic carbocycles. The zero-order chi connectivity index (χ0) is 21.6. The Bertz CT molecular complexity index is 1000. The highest BCUT2D eigenvalue weighted by atomic mass is 32.2. The van der Waals surface area contributed by atoms with Crippen LogP contribution in [0.15, 0.2) is 47.4 Å². The molecule has 0 saturated carbocycles. The van der Waals surface area contributed by atoms with Crippen molar-refractivity contribution in [1.82, 2.24) is 4.31 Å². The van der Waals surface area contributed by atoms with Crippen molar-refractivity contribution in [3.8, 4) is 0 Å². The quantitative estimate of drug-likeness (QED) is 0.475. The van der Waals surface area contributed by atoms with Gasteiger partial charge in [0.05, 0.1) is 16.4 Å². The van der Waals surface area contributed by atoms with Gasteiger partial charge in [-0.15, -0.1) is 0 Å². The number of nitrogens with one attached hydrogen (secondary N) is 2. The van der Waals surface area contributed by atoms with Gasteiger partial charge in [0.1, 0.15) is 0 Å². The van der Waals surface area contributed by atoms with Gasteiger partial charge in [0.2, 0.25) is 15.9 Å². The van der Waals surface area contributed by atoms with Crippen LogP contribution in [0.5, 0.6) is 0 Å². The highest BCUT2D eigenvalue weighted by molar-refractivity contribution is 7.89. The number of rotatable bonds is 9. The van der Waals surface area contributed by atoms with Crippen molar-refractivity contribution in [1.29, 1.82) is 0 Å². The van der Waals surface area contributed by atoms with Gasteiger partial charge in [0.25, 0.3) is 5.69 Å². The largest absolute Gasteiger partial charge is 0.376 e. The van der Waals surface area contributed by atoms with Crippen molar-refractivity contribution in [3.63, 3.8) is 0 Å². The number of carbonyl (C=O) groups is 1. The summed E-state index contributed by atoms with van der Waals surface area (Å²) in [6, 6.07) is 10.5. The molecule has 0 atom stereocenters. The predicted molar refractivity (Wildman–Crippen MR) is 112 cm³/mol. The fraction of sp³-hybridized carbons (Fsp3) is 0.316. The molecule has 10 heteroatoms. The molecule has 0 unspecified atom stereocenters. The maximum Gasteiger partial charge on any atom is 0.271 e. The van der Waals surface area contributed by atoms with Crippen LogP contribution in [0.4, 0.5) is 17.1 Å². The number of sulfonamides is 1. The number of aryl methyl sites for hydroxylation is 1. The highest BCUT2D eigenvalue weighted by Crippen LogP contribution is 2.23. The van der Waals surface area contributed by atoms with Gasteiger partial charge in [-0.1, -0.05) is 26.0 Å². The lowest BCUT2D eigenvalue weighted by Gasteiger charge is -2.20. The lowest BCUT2D eigenvalue weighted by Crippen LogP contribution is -2.31. The number of nitro benzene ring substituents is 1. The average Bonchev–Trinajstić information content (AvgIpc) is 2.68. The molecule has 0 aliphatic heterocycles. The zero-order valence-corrected chi connectivity index (χ0v) is 17.3. The Balaban J connectivity index is 2.10. The number of benzene rings is 2. The van der Waals surface area contributed by atoms with E-state index < -0.39 is 20.9 Å². The first kappa shape index (κ1) is 22.3. The summed E-state index contributed by atoms with van der Waals surface area (Å²) >= 11 is 0. The van der Waals surface area contributed by atoms with Crippen LogP contribution in [0.3, 0.4) is 0 Å². The molecular formula is C19H24N4O5S. The maximum absolute atomic E-state index is 12.8. The predicted octanol–water partition coefficient (Wildman–Crippen LogP) is 2.98. The molecule has 0 aliphatic rings. The van der Waals surface area contributed by atoms with E-state index in [9.17, 15) is 23.3 Å². The first-order valence-corrected chi connectivity index (χ1v) is 10.5. The lowest BCUT2D eigenvalue weighted by atomic mass is 10.2. The lowest BCUT2D eigenvalue weighted by molar-refractivity contribution is -0.384. The van der Waals surface area contributed by atoms with E-state index in [0.29, 0.717) is 30.0 Å². The fourth-order valence-electron chi connectivity index (χ4n) is 2.78. The normalized spacial score (nSPS) is 11.3. The Kier molecular flexibility index (Phi) is 7.29. The van der Waals surface area contributed by atoms with Gasteiger partial charge < -0.3 is 10.6 Å². The fourth-order valence-corrected chi connectivity index (χ4v) is 4.48. The van der Waals surface area contributed by atoms with E-state index in [-0.39, 0.29) is 17.1 Å². The van der Waals surface area contributed by atoms with Crippen LogP contribution in [-0.2, 0) is 14.8 Å². The van der Waals surface area contributed by atoms with Crippen LogP contribution >= 0.6 is 0 Å². The molecule has 0 heterocycles. The molecule has 156 valence electrons. The molecule has 2 aromatic rings. The molecule has 2 N–H and O–H groups in total. The Morgan fingerprint density at radius 2 is 1.79 bits per heavy atom. The minimum atomic E-state index is -3.63. The number of nitro groups is 1. The second kappa shape index (κ2) is 9.48. The minimum absolute atomic E-state index is 0.124. The molecule has 0 saturated heterocycles. The number of carbonyl (C=O) groups excluding carboxylic acids is 1. The molecule has 0 radical (unpaired) electrons. The number of non-ortho nitro benzene ring substituents is 1. The van der Waals surface area contributed by atoms with Crippen molar-refractivity contribution in [3.05, 3.63) is 58.1 Å². The standard InChI is InChI=1S/C19H24N4O5S/c1-4-22(5-2)29(27,28)18-12-15(10-9-14(18)3)20-13-19(24)21-16-7-6-8-17(11-16)23(25)26/h6-12,20H,4-5,13H2,1-3H3,(H,21,24). The number of nitrogens with zero attached hydrogens (tertiary/aromatic N) is 2. The summed E-state index contributed by atoms with van der Waals surface area (Å²) < 4.78 is 27.0. The topological polar surface area (TPSA) is 122 Å². The summed E-state index contributed by atoms with van der Waals surface area (Å²) in [5, 5.41) is 16.3. The summed E-state index contributed by atoms with van der Waals surface area (Å²) in [4.78, 5) is 22.6. The van der Waals surface area contributed by atoms with Gasteiger partial charge in [-0.25, -0.2) is 8.42 Å². The Morgan fingerprint density at radius 1 is 1.10 bits per heavy atom. The summed E-state index contributed by atoms with van der Waals surface area (Å²) in [7, 11) is -3.63. The van der Waals surface area contributed by atoms with E-state index in [1.54, 1.807) is 39.0 Å². The van der Waals surface area contributed by atoms with Crippen molar-refractivity contribution in [2.75, 3.05) is 30.3 Å². The smallest absolute Gasteiger partial charge is 0.271 e. The van der Waals surface area contributed by atoms with Crippen LogP contribution in [0.2, 0.25) is 0 Å². The van der Waals surface area contributed by atoms with Gasteiger partial charge in [0, 0.05) is 36.6 Å². The molecule has 29 heavy (non-hydrogen) atoms. The van der Waals surface area contributed by atoms with Crippen molar-refractivity contribution >= 4 is 33.0 Å². The monoisotopic (exact) mass is 420 g/mol. The Labute approximate surface area is 169 Å². The summed E-state index contributed by atoms with van der Waals surface area (Å²) in [6.45, 7) is 5.86. The first-order chi connectivity index (χ1) is 13.7. The SMILES string of the molecule is CCN(CC)S(=O)(=O)c1cc(NCC(=O)Nc2cccc([N+](=O)[O-])c2)ccc1C. The van der Waals surface area contributed by atoms with Crippen molar-refractivity contribution < 1.29 is 18.1 Å². The van der Waals surface area contributed by atoms with E-state index in [4.69, 9.17) is 0 Å². The minimum Gasteiger partial charge on any atom is -0.376 e. The molecule has 1 amide bonds. The van der Waals surface area contributed by atoms with E-state index in [2.05, 4.69) is 10.6 Å². The second-order valence-corrected chi connectivity index (χ2v) is 8.19. The van der Waals surface area contributed by atoms with Crippen LogP contribution in [-0.4, -0.2) is 43.2 Å². The van der Waals surface area contributed by atoms with Gasteiger partial charge in [-0.2, -0.15) is 4.31 Å². The van der Waals surface area contributed by atoms with Crippen LogP contribution in [0, 0.1) is 17.0 Å². The molecule has 0 fully saturated rings. The maximum atomic E-state index is 12.8. The molecule has 2 rings (SSSR count). The molecule has 2 aromatic carbocycles. The molecule has 0 bridgehead atoms. The third kappa shape index (κ3) is 5.52. The average molecular weight is 420 g/mol.